The molecule has 0 bridgehead atoms. The molecule has 2 aromatic heterocycles. The number of anilines is 1. The summed E-state index contributed by atoms with van der Waals surface area (Å²) in [5.74, 6) is -0.275. The molecular formula is C21H21N3O3S2. The minimum absolute atomic E-state index is 0.241. The molecule has 0 spiro atoms. The zero-order valence-corrected chi connectivity index (χ0v) is 17.6. The van der Waals surface area contributed by atoms with E-state index in [1.54, 1.807) is 30.5 Å². The lowest BCUT2D eigenvalue weighted by Gasteiger charge is -2.25. The van der Waals surface area contributed by atoms with E-state index in [2.05, 4.69) is 18.0 Å². The van der Waals surface area contributed by atoms with Crippen LogP contribution in [0.5, 0.6) is 0 Å². The van der Waals surface area contributed by atoms with E-state index in [1.807, 2.05) is 17.5 Å². The normalized spacial score (nSPS) is 15.4. The molecular weight excluding hydrogens is 406 g/mol. The summed E-state index contributed by atoms with van der Waals surface area (Å²) in [7, 11) is 1.66. The molecule has 2 aromatic rings. The summed E-state index contributed by atoms with van der Waals surface area (Å²) in [5.41, 5.74) is 1.46. The van der Waals surface area contributed by atoms with Gasteiger partial charge in [0, 0.05) is 35.8 Å². The molecule has 1 N–H and O–H groups in total. The highest BCUT2D eigenvalue weighted by atomic mass is 32.1. The van der Waals surface area contributed by atoms with Gasteiger partial charge >= 0.3 is 6.09 Å². The van der Waals surface area contributed by atoms with Crippen molar-refractivity contribution < 1.29 is 14.3 Å². The molecule has 1 atom stereocenters. The zero-order valence-electron chi connectivity index (χ0n) is 16.0. The Labute approximate surface area is 177 Å². The van der Waals surface area contributed by atoms with Crippen molar-refractivity contribution >= 4 is 45.8 Å². The van der Waals surface area contributed by atoms with Gasteiger partial charge < -0.3 is 15.0 Å². The van der Waals surface area contributed by atoms with Crippen molar-refractivity contribution in [3.8, 4) is 6.07 Å². The first-order valence-electron chi connectivity index (χ1n) is 9.11. The van der Waals surface area contributed by atoms with Crippen molar-refractivity contribution in [3.63, 3.8) is 0 Å². The van der Waals surface area contributed by atoms with E-state index in [4.69, 9.17) is 4.74 Å². The van der Waals surface area contributed by atoms with Crippen molar-refractivity contribution in [1.82, 2.24) is 4.90 Å². The van der Waals surface area contributed by atoms with Gasteiger partial charge in [-0.2, -0.15) is 5.26 Å². The van der Waals surface area contributed by atoms with Crippen molar-refractivity contribution in [2.45, 2.75) is 25.4 Å². The van der Waals surface area contributed by atoms with E-state index < -0.39 is 0 Å². The number of likely N-dealkylation sites (N-methyl/N-ethyl adjacent to an activating group) is 1. The van der Waals surface area contributed by atoms with Gasteiger partial charge in [-0.15, -0.1) is 29.3 Å². The molecule has 2 amide bonds. The summed E-state index contributed by atoms with van der Waals surface area (Å²) in [6.45, 7) is 4.04. The van der Waals surface area contributed by atoms with Gasteiger partial charge in [0.1, 0.15) is 17.2 Å². The number of nitrogens with zero attached hydrogens (tertiary/aromatic N) is 2. The molecule has 1 aliphatic carbocycles. The lowest BCUT2D eigenvalue weighted by Crippen LogP contribution is -2.33. The average Bonchev–Trinajstić information content (AvgIpc) is 3.33. The number of hydrogen-bond acceptors (Lipinski definition) is 6. The van der Waals surface area contributed by atoms with Crippen LogP contribution in [0.4, 0.5) is 9.80 Å². The number of fused-ring (bicyclic) bond motifs is 1. The smallest absolute Gasteiger partial charge is 0.410 e. The molecule has 3 rings (SSSR count). The first kappa shape index (κ1) is 20.8. The highest BCUT2D eigenvalue weighted by molar-refractivity contribution is 7.16. The molecule has 150 valence electrons. The summed E-state index contributed by atoms with van der Waals surface area (Å²) in [6.07, 6.45) is 6.05. The molecule has 0 aromatic carbocycles. The first-order chi connectivity index (χ1) is 14.0. The first-order valence-corrected chi connectivity index (χ1v) is 10.8. The van der Waals surface area contributed by atoms with E-state index in [0.29, 0.717) is 36.4 Å². The van der Waals surface area contributed by atoms with Crippen LogP contribution in [0, 0.1) is 11.3 Å². The number of nitriles is 1. The number of amides is 2. The monoisotopic (exact) mass is 427 g/mol. The van der Waals surface area contributed by atoms with Gasteiger partial charge in [-0.3, -0.25) is 4.79 Å². The highest BCUT2D eigenvalue weighted by Gasteiger charge is 2.28. The molecule has 0 saturated carbocycles. The third-order valence-corrected chi connectivity index (χ3v) is 6.50. The lowest BCUT2D eigenvalue weighted by molar-refractivity contribution is -0.111. The van der Waals surface area contributed by atoms with Crippen LogP contribution < -0.4 is 5.32 Å². The number of nitrogens with one attached hydrogen (secondary N) is 1. The average molecular weight is 428 g/mol. The van der Waals surface area contributed by atoms with E-state index in [-0.39, 0.29) is 18.1 Å². The largest absolute Gasteiger partial charge is 0.446 e. The maximum Gasteiger partial charge on any atom is 0.410 e. The Kier molecular flexibility index (Phi) is 6.86. The number of thiophene rings is 2. The third-order valence-electron chi connectivity index (χ3n) is 4.49. The van der Waals surface area contributed by atoms with Crippen LogP contribution >= 0.6 is 22.7 Å². The summed E-state index contributed by atoms with van der Waals surface area (Å²) >= 11 is 2.92. The molecule has 0 radical (unpaired) electrons. The zero-order chi connectivity index (χ0) is 20.8. The highest BCUT2D eigenvalue weighted by Crippen LogP contribution is 2.38. The fourth-order valence-electron chi connectivity index (χ4n) is 3.06. The molecule has 1 unspecified atom stereocenters. The van der Waals surface area contributed by atoms with Crippen LogP contribution in [-0.2, 0) is 22.4 Å². The van der Waals surface area contributed by atoms with Gasteiger partial charge in [-0.05, 0) is 35.9 Å². The van der Waals surface area contributed by atoms with E-state index >= 15 is 0 Å². The fraction of sp³-hybridized carbons (Fsp3) is 0.286. The van der Waals surface area contributed by atoms with E-state index in [1.165, 1.54) is 22.3 Å². The van der Waals surface area contributed by atoms with Gasteiger partial charge in [0.05, 0.1) is 5.56 Å². The van der Waals surface area contributed by atoms with Gasteiger partial charge in [0.15, 0.2) is 0 Å². The van der Waals surface area contributed by atoms with Crippen molar-refractivity contribution in [2.24, 2.45) is 0 Å². The van der Waals surface area contributed by atoms with E-state index in [0.717, 1.165) is 15.3 Å². The minimum Gasteiger partial charge on any atom is -0.446 e. The second-order valence-electron chi connectivity index (χ2n) is 6.58. The van der Waals surface area contributed by atoms with Gasteiger partial charge in [0.25, 0.3) is 0 Å². The number of hydrogen-bond donors (Lipinski definition) is 1. The maximum atomic E-state index is 12.3. The Morgan fingerprint density at radius 3 is 3.03 bits per heavy atom. The fourth-order valence-corrected chi connectivity index (χ4v) is 4.94. The Morgan fingerprint density at radius 2 is 2.34 bits per heavy atom. The number of rotatable bonds is 6. The predicted molar refractivity (Wildman–Crippen MR) is 116 cm³/mol. The quantitative estimate of drug-likeness (QED) is 0.546. The van der Waals surface area contributed by atoms with Gasteiger partial charge in [0.2, 0.25) is 5.91 Å². The van der Waals surface area contributed by atoms with Crippen LogP contribution in [0.15, 0.2) is 36.2 Å². The molecule has 2 heterocycles. The third kappa shape index (κ3) is 5.13. The molecule has 0 fully saturated rings. The molecule has 0 aliphatic heterocycles. The van der Waals surface area contributed by atoms with Crippen molar-refractivity contribution in [2.75, 3.05) is 18.9 Å². The Hall–Kier alpha value is -2.89. The minimum atomic E-state index is -0.386. The van der Waals surface area contributed by atoms with Crippen LogP contribution in [-0.4, -0.2) is 36.6 Å². The maximum absolute atomic E-state index is 12.3. The van der Waals surface area contributed by atoms with Gasteiger partial charge in [-0.1, -0.05) is 12.1 Å². The molecule has 29 heavy (non-hydrogen) atoms. The second kappa shape index (κ2) is 9.54. The van der Waals surface area contributed by atoms with Crippen LogP contribution in [0.25, 0.3) is 6.08 Å². The second-order valence-corrected chi connectivity index (χ2v) is 8.66. The SMILES string of the molecule is C=CCN(C)C(=O)OC1CCc2c(sc(NC(=O)/C=C/c3cccs3)c2C#N)C1. The Bertz CT molecular complexity index is 970. The number of ether oxygens (including phenoxy) is 1. The van der Waals surface area contributed by atoms with Crippen LogP contribution in [0.2, 0.25) is 0 Å². The van der Waals surface area contributed by atoms with Crippen molar-refractivity contribution in [1.29, 1.82) is 5.26 Å². The summed E-state index contributed by atoms with van der Waals surface area (Å²) in [6, 6.07) is 6.06. The standard InChI is InChI=1S/C21H21N3O3S2/c1-3-10-24(2)21(26)27-14-6-8-16-17(13-22)20(29-18(16)12-14)23-19(25)9-7-15-5-4-11-28-15/h3-5,7,9,11,14H,1,6,8,10,12H2,2H3,(H,23,25)/b9-7+. The summed E-state index contributed by atoms with van der Waals surface area (Å²) in [5, 5.41) is 14.9. The molecule has 8 heteroatoms. The number of carbonyl (C=O) groups excluding carboxylic acids is 2. The summed E-state index contributed by atoms with van der Waals surface area (Å²) in [4.78, 5) is 27.8. The topological polar surface area (TPSA) is 82.4 Å². The predicted octanol–water partition coefficient (Wildman–Crippen LogP) is 4.44. The van der Waals surface area contributed by atoms with Gasteiger partial charge in [-0.25, -0.2) is 4.79 Å². The Balaban J connectivity index is 1.68. The van der Waals surface area contributed by atoms with E-state index in [9.17, 15) is 14.9 Å². The molecule has 0 saturated heterocycles. The molecule has 1 aliphatic rings. The van der Waals surface area contributed by atoms with Crippen molar-refractivity contribution in [3.05, 3.63) is 57.1 Å². The van der Waals surface area contributed by atoms with Crippen LogP contribution in [0.3, 0.4) is 0 Å². The lowest BCUT2D eigenvalue weighted by atomic mass is 9.94. The summed E-state index contributed by atoms with van der Waals surface area (Å²) < 4.78 is 5.57. The number of carbonyl (C=O) groups is 2. The Morgan fingerprint density at radius 1 is 1.52 bits per heavy atom. The van der Waals surface area contributed by atoms with Crippen LogP contribution in [0.1, 0.15) is 27.3 Å². The molecule has 6 nitrogen and oxygen atoms in total.